The maximum atomic E-state index is 12.8. The molecule has 5 heteroatoms. The quantitative estimate of drug-likeness (QED) is 0.940. The van der Waals surface area contributed by atoms with E-state index < -0.39 is 11.9 Å². The average Bonchev–Trinajstić information content (AvgIpc) is 2.48. The first-order valence-electron chi connectivity index (χ1n) is 6.31. The molecule has 2 rings (SSSR count). The number of carbonyl (C=O) groups is 2. The van der Waals surface area contributed by atoms with Crippen molar-refractivity contribution in [2.75, 3.05) is 7.05 Å². The first-order chi connectivity index (χ1) is 9.99. The molecule has 0 fully saturated rings. The minimum atomic E-state index is -1.14. The van der Waals surface area contributed by atoms with Crippen LogP contribution in [0.2, 0.25) is 0 Å². The second kappa shape index (κ2) is 6.17. The van der Waals surface area contributed by atoms with Gasteiger partial charge in [-0.2, -0.15) is 0 Å². The van der Waals surface area contributed by atoms with Crippen LogP contribution in [0.1, 0.15) is 26.3 Å². The lowest BCUT2D eigenvalue weighted by molar-refractivity contribution is 0.0680. The van der Waals surface area contributed by atoms with Gasteiger partial charge < -0.3 is 10.0 Å². The van der Waals surface area contributed by atoms with Crippen LogP contribution in [0.4, 0.5) is 4.39 Å². The molecule has 4 nitrogen and oxygen atoms in total. The lowest BCUT2D eigenvalue weighted by Gasteiger charge is -2.18. The first-order valence-corrected chi connectivity index (χ1v) is 6.31. The van der Waals surface area contributed by atoms with Gasteiger partial charge in [0.25, 0.3) is 5.91 Å². The maximum absolute atomic E-state index is 12.8. The lowest BCUT2D eigenvalue weighted by Crippen LogP contribution is -2.27. The first kappa shape index (κ1) is 14.7. The number of nitrogens with zero attached hydrogens (tertiary/aromatic N) is 1. The predicted octanol–water partition coefficient (Wildman–Crippen LogP) is 2.80. The average molecular weight is 287 g/mol. The number of carboxylic acid groups (broad SMARTS) is 1. The lowest BCUT2D eigenvalue weighted by atomic mass is 10.1. The van der Waals surface area contributed by atoms with E-state index >= 15 is 0 Å². The summed E-state index contributed by atoms with van der Waals surface area (Å²) in [6.07, 6.45) is 0. The summed E-state index contributed by atoms with van der Waals surface area (Å²) in [6, 6.07) is 11.9. The molecule has 1 N–H and O–H groups in total. The van der Waals surface area contributed by atoms with E-state index in [-0.39, 0.29) is 23.5 Å². The van der Waals surface area contributed by atoms with Crippen LogP contribution >= 0.6 is 0 Å². The largest absolute Gasteiger partial charge is 0.478 e. The monoisotopic (exact) mass is 287 g/mol. The molecule has 21 heavy (non-hydrogen) atoms. The zero-order valence-corrected chi connectivity index (χ0v) is 11.4. The Morgan fingerprint density at radius 1 is 1.05 bits per heavy atom. The Morgan fingerprint density at radius 3 is 2.19 bits per heavy atom. The van der Waals surface area contributed by atoms with Crippen LogP contribution in [0.5, 0.6) is 0 Å². The van der Waals surface area contributed by atoms with Gasteiger partial charge >= 0.3 is 5.97 Å². The van der Waals surface area contributed by atoms with Gasteiger partial charge in [0.15, 0.2) is 0 Å². The summed E-state index contributed by atoms with van der Waals surface area (Å²) >= 11 is 0. The van der Waals surface area contributed by atoms with Crippen LogP contribution in [0, 0.1) is 5.82 Å². The molecule has 0 aliphatic carbocycles. The van der Waals surface area contributed by atoms with Crippen molar-refractivity contribution >= 4 is 11.9 Å². The number of rotatable bonds is 4. The van der Waals surface area contributed by atoms with Crippen LogP contribution < -0.4 is 0 Å². The Hall–Kier alpha value is -2.69. The molecule has 0 spiro atoms. The minimum Gasteiger partial charge on any atom is -0.478 e. The summed E-state index contributed by atoms with van der Waals surface area (Å²) < 4.78 is 12.8. The number of aromatic carboxylic acids is 1. The van der Waals surface area contributed by atoms with Crippen molar-refractivity contribution in [3.8, 4) is 0 Å². The number of amides is 1. The van der Waals surface area contributed by atoms with Crippen molar-refractivity contribution < 1.29 is 19.1 Å². The number of hydrogen-bond acceptors (Lipinski definition) is 2. The van der Waals surface area contributed by atoms with E-state index in [0.29, 0.717) is 0 Å². The minimum absolute atomic E-state index is 0.0338. The predicted molar refractivity (Wildman–Crippen MR) is 75.6 cm³/mol. The third-order valence-electron chi connectivity index (χ3n) is 3.07. The van der Waals surface area contributed by atoms with Crippen molar-refractivity contribution in [3.05, 3.63) is 71.0 Å². The fraction of sp³-hybridized carbons (Fsp3) is 0.125. The molecule has 0 bridgehead atoms. The third kappa shape index (κ3) is 3.45. The molecule has 0 unspecified atom stereocenters. The van der Waals surface area contributed by atoms with E-state index in [0.717, 1.165) is 5.56 Å². The molecule has 0 saturated carbocycles. The molecule has 1 amide bonds. The molecule has 0 aliphatic heterocycles. The molecule has 108 valence electrons. The molecule has 0 radical (unpaired) electrons. The van der Waals surface area contributed by atoms with Crippen molar-refractivity contribution in [2.24, 2.45) is 0 Å². The Kier molecular flexibility index (Phi) is 4.33. The summed E-state index contributed by atoms with van der Waals surface area (Å²) in [4.78, 5) is 24.9. The fourth-order valence-electron chi connectivity index (χ4n) is 2.00. The van der Waals surface area contributed by atoms with Gasteiger partial charge in [-0.3, -0.25) is 4.79 Å². The second-order valence-electron chi connectivity index (χ2n) is 4.64. The second-order valence-corrected chi connectivity index (χ2v) is 4.64. The van der Waals surface area contributed by atoms with Crippen molar-refractivity contribution in [1.82, 2.24) is 4.90 Å². The van der Waals surface area contributed by atoms with E-state index in [9.17, 15) is 14.0 Å². The van der Waals surface area contributed by atoms with Crippen molar-refractivity contribution in [3.63, 3.8) is 0 Å². The number of carboxylic acids is 1. The highest BCUT2D eigenvalue weighted by molar-refractivity contribution is 6.04. The van der Waals surface area contributed by atoms with E-state index in [1.807, 2.05) is 0 Å². The van der Waals surface area contributed by atoms with Gasteiger partial charge in [0.1, 0.15) is 5.82 Å². The Bertz CT molecular complexity index is 667. The van der Waals surface area contributed by atoms with Crippen LogP contribution in [-0.2, 0) is 6.54 Å². The van der Waals surface area contributed by atoms with Crippen LogP contribution in [0.15, 0.2) is 48.5 Å². The SMILES string of the molecule is CN(Cc1ccc(F)cc1)C(=O)c1ccccc1C(=O)O. The van der Waals surface area contributed by atoms with Crippen LogP contribution in [-0.4, -0.2) is 28.9 Å². The van der Waals surface area contributed by atoms with Gasteiger partial charge in [-0.05, 0) is 29.8 Å². The highest BCUT2D eigenvalue weighted by Gasteiger charge is 2.19. The van der Waals surface area contributed by atoms with Gasteiger partial charge in [-0.15, -0.1) is 0 Å². The zero-order valence-electron chi connectivity index (χ0n) is 11.4. The van der Waals surface area contributed by atoms with Crippen LogP contribution in [0.25, 0.3) is 0 Å². The zero-order chi connectivity index (χ0) is 15.4. The van der Waals surface area contributed by atoms with E-state index in [4.69, 9.17) is 5.11 Å². The van der Waals surface area contributed by atoms with Crippen LogP contribution in [0.3, 0.4) is 0 Å². The Labute approximate surface area is 121 Å². The standard InChI is InChI=1S/C16H14FNO3/c1-18(10-11-6-8-12(17)9-7-11)15(19)13-4-2-3-5-14(13)16(20)21/h2-9H,10H2,1H3,(H,20,21). The molecular formula is C16H14FNO3. The van der Waals surface area contributed by atoms with E-state index in [2.05, 4.69) is 0 Å². The van der Waals surface area contributed by atoms with Gasteiger partial charge in [0, 0.05) is 13.6 Å². The Balaban J connectivity index is 2.20. The molecule has 0 heterocycles. The molecule has 0 atom stereocenters. The summed E-state index contributed by atoms with van der Waals surface area (Å²) in [6.45, 7) is 0.271. The molecule has 0 aliphatic rings. The normalized spacial score (nSPS) is 10.2. The number of carbonyl (C=O) groups excluding carboxylic acids is 1. The smallest absolute Gasteiger partial charge is 0.336 e. The molecular weight excluding hydrogens is 273 g/mol. The fourth-order valence-corrected chi connectivity index (χ4v) is 2.00. The molecule has 0 saturated heterocycles. The highest BCUT2D eigenvalue weighted by Crippen LogP contribution is 2.13. The van der Waals surface area contributed by atoms with Gasteiger partial charge in [-0.25, -0.2) is 9.18 Å². The summed E-state index contributed by atoms with van der Waals surface area (Å²) in [5.41, 5.74) is 0.864. The maximum Gasteiger partial charge on any atom is 0.336 e. The van der Waals surface area contributed by atoms with Gasteiger partial charge in [0.2, 0.25) is 0 Å². The molecule has 2 aromatic carbocycles. The van der Waals surface area contributed by atoms with Gasteiger partial charge in [0.05, 0.1) is 11.1 Å². The number of hydrogen-bond donors (Lipinski definition) is 1. The van der Waals surface area contributed by atoms with E-state index in [1.165, 1.54) is 29.2 Å². The van der Waals surface area contributed by atoms with E-state index in [1.54, 1.807) is 31.3 Å². The number of halogens is 1. The van der Waals surface area contributed by atoms with Crippen molar-refractivity contribution in [1.29, 1.82) is 0 Å². The summed E-state index contributed by atoms with van der Waals surface area (Å²) in [5.74, 6) is -1.88. The molecule has 0 aromatic heterocycles. The highest BCUT2D eigenvalue weighted by atomic mass is 19.1. The van der Waals surface area contributed by atoms with Crippen molar-refractivity contribution in [2.45, 2.75) is 6.54 Å². The molecule has 2 aromatic rings. The topological polar surface area (TPSA) is 57.6 Å². The van der Waals surface area contributed by atoms with Gasteiger partial charge in [-0.1, -0.05) is 24.3 Å². The Morgan fingerprint density at radius 2 is 1.62 bits per heavy atom. The summed E-state index contributed by atoms with van der Waals surface area (Å²) in [7, 11) is 1.57. The third-order valence-corrected chi connectivity index (χ3v) is 3.07. The number of benzene rings is 2. The summed E-state index contributed by atoms with van der Waals surface area (Å²) in [5, 5.41) is 9.10.